The number of hydrogen-bond donors (Lipinski definition) is 1. The second-order valence-electron chi connectivity index (χ2n) is 7.27. The van der Waals surface area contributed by atoms with Crippen molar-refractivity contribution in [2.45, 2.75) is 6.61 Å². The Hall–Kier alpha value is -3.90. The van der Waals surface area contributed by atoms with Crippen LogP contribution in [0.15, 0.2) is 101 Å². The van der Waals surface area contributed by atoms with E-state index in [-0.39, 0.29) is 11.4 Å². The molecule has 5 nitrogen and oxygen atoms in total. The molecule has 3 aromatic rings. The molecule has 3 aromatic carbocycles. The molecule has 0 unspecified atom stereocenters. The van der Waals surface area contributed by atoms with Gasteiger partial charge in [-0.3, -0.25) is 15.1 Å². The highest BCUT2D eigenvalue weighted by Crippen LogP contribution is 2.37. The van der Waals surface area contributed by atoms with E-state index in [4.69, 9.17) is 10.1 Å². The maximum absolute atomic E-state index is 12.6. The Morgan fingerprint density at radius 3 is 2.34 bits per heavy atom. The van der Waals surface area contributed by atoms with Crippen molar-refractivity contribution in [3.05, 3.63) is 113 Å². The second-order valence-corrected chi connectivity index (χ2v) is 8.11. The van der Waals surface area contributed by atoms with Gasteiger partial charge in [-0.15, -0.1) is 0 Å². The molecule has 2 aliphatic heterocycles. The normalized spacial score (nSPS) is 16.6. The molecule has 0 saturated carbocycles. The van der Waals surface area contributed by atoms with E-state index in [1.807, 2.05) is 90.3 Å². The zero-order valence-electron chi connectivity index (χ0n) is 17.1. The number of aliphatic imine (C=N–C) groups is 1. The van der Waals surface area contributed by atoms with Crippen LogP contribution < -0.4 is 4.74 Å². The molecule has 6 heteroatoms. The van der Waals surface area contributed by atoms with Gasteiger partial charge in [-0.1, -0.05) is 84.6 Å². The molecule has 0 bridgehead atoms. The molecular weight excluding hydrogens is 418 g/mol. The average molecular weight is 438 g/mol. The number of carbonyl (C=O) groups is 1. The topological polar surface area (TPSA) is 65.8 Å². The maximum Gasteiger partial charge on any atom is 0.283 e. The Kier molecular flexibility index (Phi) is 5.44. The van der Waals surface area contributed by atoms with Gasteiger partial charge in [0.1, 0.15) is 18.2 Å². The number of amides is 1. The largest absolute Gasteiger partial charge is 0.489 e. The smallest absolute Gasteiger partial charge is 0.283 e. The number of nitrogens with one attached hydrogen (secondary N) is 1. The summed E-state index contributed by atoms with van der Waals surface area (Å²) < 4.78 is 5.83. The summed E-state index contributed by atoms with van der Waals surface area (Å²) in [5.74, 6) is 0.469. The minimum atomic E-state index is -0.402. The summed E-state index contributed by atoms with van der Waals surface area (Å²) in [6, 6.07) is 27.3. The lowest BCUT2D eigenvalue weighted by Gasteiger charge is -2.26. The number of amidine groups is 2. The first kappa shape index (κ1) is 20.0. The number of thioether (sulfide) groups is 1. The first-order valence-corrected chi connectivity index (χ1v) is 11.0. The minimum absolute atomic E-state index is 0.129. The number of fused-ring (bicyclic) bond motifs is 1. The van der Waals surface area contributed by atoms with Crippen molar-refractivity contribution in [1.29, 1.82) is 5.41 Å². The van der Waals surface area contributed by atoms with E-state index < -0.39 is 5.91 Å². The Labute approximate surface area is 190 Å². The zero-order chi connectivity index (χ0) is 21.9. The molecule has 32 heavy (non-hydrogen) atoms. The summed E-state index contributed by atoms with van der Waals surface area (Å²) in [6.45, 7) is 0.489. The molecule has 1 N–H and O–H groups in total. The van der Waals surface area contributed by atoms with Crippen LogP contribution in [0.3, 0.4) is 0 Å². The molecule has 0 spiro atoms. The van der Waals surface area contributed by atoms with E-state index >= 15 is 0 Å². The van der Waals surface area contributed by atoms with Crippen LogP contribution >= 0.6 is 11.8 Å². The number of ether oxygens (including phenoxy) is 1. The molecule has 0 radical (unpaired) electrons. The van der Waals surface area contributed by atoms with Crippen molar-refractivity contribution >= 4 is 40.4 Å². The van der Waals surface area contributed by atoms with E-state index in [2.05, 4.69) is 4.99 Å². The van der Waals surface area contributed by atoms with Gasteiger partial charge in [0.15, 0.2) is 5.17 Å². The van der Waals surface area contributed by atoms with Gasteiger partial charge in [-0.2, -0.15) is 4.99 Å². The Balaban J connectivity index is 1.35. The van der Waals surface area contributed by atoms with Gasteiger partial charge in [0, 0.05) is 5.41 Å². The van der Waals surface area contributed by atoms with E-state index in [1.54, 1.807) is 11.0 Å². The van der Waals surface area contributed by atoms with E-state index in [0.717, 1.165) is 28.1 Å². The molecular formula is C26H19N3O2S. The minimum Gasteiger partial charge on any atom is -0.489 e. The summed E-state index contributed by atoms with van der Waals surface area (Å²) in [5, 5.41) is 11.2. The molecule has 0 atom stereocenters. The highest BCUT2D eigenvalue weighted by molar-refractivity contribution is 8.17. The second kappa shape index (κ2) is 8.69. The number of benzene rings is 3. The molecule has 0 saturated heterocycles. The lowest BCUT2D eigenvalue weighted by atomic mass is 10.1. The number of nitrogens with zero attached hydrogens (tertiary/aromatic N) is 2. The van der Waals surface area contributed by atoms with Gasteiger partial charge in [-0.25, -0.2) is 0 Å². The summed E-state index contributed by atoms with van der Waals surface area (Å²) in [7, 11) is 0. The third-order valence-corrected chi connectivity index (χ3v) is 5.95. The fraction of sp³-hybridized carbons (Fsp3) is 0.0385. The number of carbonyl (C=O) groups excluding carboxylic acids is 1. The van der Waals surface area contributed by atoms with Gasteiger partial charge < -0.3 is 4.74 Å². The Morgan fingerprint density at radius 2 is 1.62 bits per heavy atom. The van der Waals surface area contributed by atoms with Crippen molar-refractivity contribution in [1.82, 2.24) is 4.90 Å². The fourth-order valence-corrected chi connectivity index (χ4v) is 4.37. The third kappa shape index (κ3) is 4.00. The van der Waals surface area contributed by atoms with Crippen LogP contribution in [0.2, 0.25) is 0 Å². The third-order valence-electron chi connectivity index (χ3n) is 5.12. The SMILES string of the molecule is N=C1/C(=C/c2ccc(OCc3ccccc3)cc2)C(=O)N=C2SC=C(c3ccccc3)N12. The van der Waals surface area contributed by atoms with Crippen LogP contribution in [0, 0.1) is 5.41 Å². The lowest BCUT2D eigenvalue weighted by molar-refractivity contribution is -0.114. The lowest BCUT2D eigenvalue weighted by Crippen LogP contribution is -2.37. The summed E-state index contributed by atoms with van der Waals surface area (Å²) in [5.41, 5.74) is 3.99. The predicted molar refractivity (Wildman–Crippen MR) is 129 cm³/mol. The molecule has 156 valence electrons. The van der Waals surface area contributed by atoms with E-state index in [0.29, 0.717) is 11.8 Å². The van der Waals surface area contributed by atoms with Crippen LogP contribution in [0.25, 0.3) is 11.8 Å². The van der Waals surface area contributed by atoms with Crippen molar-refractivity contribution in [2.24, 2.45) is 4.99 Å². The molecule has 2 heterocycles. The Bertz CT molecular complexity index is 1260. The van der Waals surface area contributed by atoms with Gasteiger partial charge in [-0.05, 0) is 34.9 Å². The van der Waals surface area contributed by atoms with Crippen LogP contribution in [0.4, 0.5) is 0 Å². The molecule has 5 rings (SSSR count). The first-order chi connectivity index (χ1) is 15.7. The zero-order valence-corrected chi connectivity index (χ0v) is 17.9. The van der Waals surface area contributed by atoms with E-state index in [1.165, 1.54) is 11.8 Å². The predicted octanol–water partition coefficient (Wildman–Crippen LogP) is 5.57. The van der Waals surface area contributed by atoms with Crippen molar-refractivity contribution in [3.8, 4) is 5.75 Å². The quantitative estimate of drug-likeness (QED) is 0.530. The first-order valence-electron chi connectivity index (χ1n) is 10.1. The van der Waals surface area contributed by atoms with Gasteiger partial charge in [0.25, 0.3) is 5.91 Å². The summed E-state index contributed by atoms with van der Waals surface area (Å²) in [4.78, 5) is 18.6. The molecule has 2 aliphatic rings. The Morgan fingerprint density at radius 1 is 0.938 bits per heavy atom. The van der Waals surface area contributed by atoms with Gasteiger partial charge in [0.2, 0.25) is 0 Å². The van der Waals surface area contributed by atoms with Crippen molar-refractivity contribution in [2.75, 3.05) is 0 Å². The number of hydrogen-bond acceptors (Lipinski definition) is 4. The summed E-state index contributed by atoms with van der Waals surface area (Å²) >= 11 is 1.36. The van der Waals surface area contributed by atoms with Crippen LogP contribution in [0.5, 0.6) is 5.75 Å². The highest BCUT2D eigenvalue weighted by atomic mass is 32.2. The highest BCUT2D eigenvalue weighted by Gasteiger charge is 2.36. The van der Waals surface area contributed by atoms with Gasteiger partial charge in [0.05, 0.1) is 11.3 Å². The van der Waals surface area contributed by atoms with Crippen LogP contribution in [0.1, 0.15) is 16.7 Å². The molecule has 0 fully saturated rings. The molecule has 1 amide bonds. The van der Waals surface area contributed by atoms with Crippen LogP contribution in [-0.4, -0.2) is 21.8 Å². The maximum atomic E-state index is 12.6. The number of rotatable bonds is 5. The molecule has 0 aromatic heterocycles. The van der Waals surface area contributed by atoms with Crippen molar-refractivity contribution < 1.29 is 9.53 Å². The van der Waals surface area contributed by atoms with Crippen molar-refractivity contribution in [3.63, 3.8) is 0 Å². The summed E-state index contributed by atoms with van der Waals surface area (Å²) in [6.07, 6.45) is 1.71. The van der Waals surface area contributed by atoms with E-state index in [9.17, 15) is 4.79 Å². The standard InChI is InChI=1S/C26H19N3O2S/c27-24-22(15-18-11-13-21(14-12-18)31-16-19-7-3-1-4-8-19)25(30)28-26-29(24)23(17-32-26)20-9-5-2-6-10-20/h1-15,17,27H,16H2/b22-15-,27-24?. The molecule has 0 aliphatic carbocycles. The monoisotopic (exact) mass is 437 g/mol. The fourth-order valence-electron chi connectivity index (χ4n) is 3.48. The van der Waals surface area contributed by atoms with Crippen LogP contribution in [-0.2, 0) is 11.4 Å². The van der Waals surface area contributed by atoms with Gasteiger partial charge >= 0.3 is 0 Å². The average Bonchev–Trinajstić information content (AvgIpc) is 3.26.